The summed E-state index contributed by atoms with van der Waals surface area (Å²) in [7, 11) is 0. The van der Waals surface area contributed by atoms with Crippen molar-refractivity contribution in [2.24, 2.45) is 0 Å². The fourth-order valence-corrected chi connectivity index (χ4v) is 18.7. The van der Waals surface area contributed by atoms with Gasteiger partial charge in [0.1, 0.15) is 22.3 Å². The number of fused-ring (bicyclic) bond motifs is 16. The van der Waals surface area contributed by atoms with Crippen LogP contribution < -0.4 is 0 Å². The predicted octanol–water partition coefficient (Wildman–Crippen LogP) is 26.7. The molecule has 0 bridgehead atoms. The lowest BCUT2D eigenvalue weighted by Crippen LogP contribution is -2.27. The fraction of sp³-hybridized carbons (Fsp3) is 0.118. The number of furan rings is 2. The maximum atomic E-state index is 6.50. The summed E-state index contributed by atoms with van der Waals surface area (Å²) in [6, 6.07) is 116. The van der Waals surface area contributed by atoms with Crippen LogP contribution in [0.4, 0.5) is 0 Å². The molecule has 0 saturated heterocycles. The highest BCUT2D eigenvalue weighted by molar-refractivity contribution is 6.09. The Labute approximate surface area is 638 Å². The van der Waals surface area contributed by atoms with Crippen LogP contribution >= 0.6 is 0 Å². The van der Waals surface area contributed by atoms with Gasteiger partial charge >= 0.3 is 0 Å². The average molecular weight is 1420 g/mol. The van der Waals surface area contributed by atoms with Gasteiger partial charge in [0, 0.05) is 60.2 Å². The van der Waals surface area contributed by atoms with Crippen molar-refractivity contribution in [1.29, 1.82) is 0 Å². The molecule has 110 heavy (non-hydrogen) atoms. The lowest BCUT2D eigenvalue weighted by atomic mass is 9.68. The highest BCUT2D eigenvalue weighted by Crippen LogP contribution is 2.60. The fourth-order valence-electron chi connectivity index (χ4n) is 18.7. The van der Waals surface area contributed by atoms with Crippen molar-refractivity contribution in [3.63, 3.8) is 0 Å². The molecule has 2 saturated carbocycles. The van der Waals surface area contributed by atoms with Crippen molar-refractivity contribution in [2.45, 2.75) is 75.0 Å². The highest BCUT2D eigenvalue weighted by atomic mass is 16.3. The molecule has 18 aromatic rings. The Hall–Kier alpha value is -13.3. The molecule has 14 aromatic carbocycles. The molecule has 0 aliphatic heterocycles. The molecule has 0 amide bonds. The average Bonchev–Trinajstić information content (AvgIpc) is 1.56. The van der Waals surface area contributed by atoms with Crippen molar-refractivity contribution in [3.05, 3.63) is 350 Å². The smallest absolute Gasteiger partial charge is 0.167 e. The molecule has 524 valence electrons. The third kappa shape index (κ3) is 11.1. The normalized spacial score (nSPS) is 14.3. The first-order valence-electron chi connectivity index (χ1n) is 38.8. The zero-order valence-electron chi connectivity index (χ0n) is 60.7. The van der Waals surface area contributed by atoms with Crippen molar-refractivity contribution in [3.8, 4) is 135 Å². The summed E-state index contributed by atoms with van der Waals surface area (Å²) in [6.45, 7) is 0. The molecule has 2 spiro atoms. The van der Waals surface area contributed by atoms with E-state index in [4.69, 9.17) is 38.7 Å². The Morgan fingerprint density at radius 1 is 0.200 bits per heavy atom. The van der Waals surface area contributed by atoms with Crippen LogP contribution in [0.3, 0.4) is 0 Å². The van der Waals surface area contributed by atoms with Gasteiger partial charge in [0.15, 0.2) is 34.9 Å². The Morgan fingerprint density at radius 2 is 0.536 bits per heavy atom. The molecule has 0 atom stereocenters. The van der Waals surface area contributed by atoms with Crippen molar-refractivity contribution < 1.29 is 8.83 Å². The summed E-state index contributed by atoms with van der Waals surface area (Å²) in [5.74, 6) is 3.72. The molecular weight excluding hydrogens is 1340 g/mol. The molecule has 4 aliphatic rings. The van der Waals surface area contributed by atoms with E-state index in [0.29, 0.717) is 34.9 Å². The van der Waals surface area contributed by atoms with Gasteiger partial charge in [-0.1, -0.05) is 312 Å². The van der Waals surface area contributed by atoms with Gasteiger partial charge in [0.2, 0.25) is 0 Å². The minimum Gasteiger partial charge on any atom is -0.456 e. The summed E-state index contributed by atoms with van der Waals surface area (Å²) < 4.78 is 12.7. The number of para-hydroxylation sites is 3. The second kappa shape index (κ2) is 26.9. The molecular formula is C102H74N6O2. The van der Waals surface area contributed by atoms with Gasteiger partial charge in [-0.25, -0.2) is 29.9 Å². The molecule has 0 unspecified atom stereocenters. The molecule has 22 rings (SSSR count). The van der Waals surface area contributed by atoms with Crippen molar-refractivity contribution in [2.75, 3.05) is 0 Å². The van der Waals surface area contributed by atoms with Crippen LogP contribution in [0.1, 0.15) is 86.5 Å². The molecule has 8 nitrogen and oxygen atoms in total. The van der Waals surface area contributed by atoms with E-state index in [0.717, 1.165) is 99.5 Å². The van der Waals surface area contributed by atoms with Gasteiger partial charge in [-0.15, -0.1) is 0 Å². The minimum atomic E-state index is 0.0990. The van der Waals surface area contributed by atoms with Gasteiger partial charge < -0.3 is 8.83 Å². The monoisotopic (exact) mass is 1410 g/mol. The van der Waals surface area contributed by atoms with Gasteiger partial charge in [0.05, 0.1) is 5.56 Å². The van der Waals surface area contributed by atoms with Crippen LogP contribution in [-0.2, 0) is 10.8 Å². The zero-order chi connectivity index (χ0) is 72.7. The maximum absolute atomic E-state index is 6.50. The van der Waals surface area contributed by atoms with E-state index in [-0.39, 0.29) is 10.8 Å². The Bertz CT molecular complexity index is 6620. The van der Waals surface area contributed by atoms with Gasteiger partial charge in [0.25, 0.3) is 0 Å². The second-order valence-corrected chi connectivity index (χ2v) is 30.1. The van der Waals surface area contributed by atoms with Crippen molar-refractivity contribution >= 4 is 43.9 Å². The first-order valence-corrected chi connectivity index (χ1v) is 38.8. The molecule has 8 heteroatoms. The first-order chi connectivity index (χ1) is 54.4. The van der Waals surface area contributed by atoms with E-state index in [1.54, 1.807) is 0 Å². The van der Waals surface area contributed by atoms with Gasteiger partial charge in [-0.3, -0.25) is 0 Å². The molecule has 0 radical (unpaired) electrons. The molecule has 2 fully saturated rings. The molecule has 4 aliphatic carbocycles. The van der Waals surface area contributed by atoms with E-state index in [1.807, 2.05) is 60.7 Å². The van der Waals surface area contributed by atoms with Gasteiger partial charge in [-0.2, -0.15) is 0 Å². The lowest BCUT2D eigenvalue weighted by molar-refractivity contribution is 0.353. The summed E-state index contributed by atoms with van der Waals surface area (Å²) in [6.07, 6.45) is 12.6. The third-order valence-electron chi connectivity index (χ3n) is 23.9. The SMILES string of the molecule is c1ccc(-c2ccc(-c3nc(-c4cccc(-c5cccc6c5-c5ccccc5C65CCCCC5)c4)nc(-c4ccc5oc6ccccc6c5c4)n3)cc2)cc1.c1ccc(-c2cccc(-c3nc(-c4cccc(-c5cccc6c5-c5ccccc5C65CCCCC5)c4)nc(-c4cccc5c4oc4ccccc45)n3)c2)cc1. The molecule has 4 aromatic heterocycles. The summed E-state index contributed by atoms with van der Waals surface area (Å²) in [5, 5.41) is 4.23. The number of aromatic nitrogens is 6. The van der Waals surface area contributed by atoms with Gasteiger partial charge in [-0.05, 0) is 169 Å². The standard InChI is InChI=1S/2C51H37N3O/c1-3-15-33(16-4-1)34-17-11-19-36(31-34)48-52-49(54-50(53-48)42-25-13-24-40-39-21-6-8-28-45(39)55-47(40)42)37-20-12-18-35(32-37)38-23-14-27-44-46(38)41-22-5-7-26-43(41)51(44)29-9-2-10-30-51;1-3-13-33(14-4-1)34-23-25-35(26-24-34)48-52-49(54-50(53-48)38-27-28-46-42(32-38)40-17-6-8-22-45(40)55-46)37-16-11-15-36(31-37)39-19-12-21-44-47(39)41-18-5-7-20-43(41)51(44)29-9-2-10-30-51/h2*1,3-8,11-28,31-32H,2,9-10,29-30H2. The predicted molar refractivity (Wildman–Crippen MR) is 447 cm³/mol. The number of rotatable bonds is 10. The number of benzene rings is 14. The Balaban J connectivity index is 0.000000140. The van der Waals surface area contributed by atoms with Crippen LogP contribution in [0, 0.1) is 0 Å². The maximum Gasteiger partial charge on any atom is 0.167 e. The lowest BCUT2D eigenvalue weighted by Gasteiger charge is -2.36. The topological polar surface area (TPSA) is 104 Å². The Kier molecular flexibility index (Phi) is 15.9. The number of nitrogens with zero attached hydrogens (tertiary/aromatic N) is 6. The zero-order valence-corrected chi connectivity index (χ0v) is 60.7. The van der Waals surface area contributed by atoms with E-state index in [2.05, 4.69) is 267 Å². The first kappa shape index (κ1) is 65.0. The summed E-state index contributed by atoms with van der Waals surface area (Å²) in [4.78, 5) is 31.1. The molecule has 0 N–H and O–H groups in total. The van der Waals surface area contributed by atoms with E-state index in [9.17, 15) is 0 Å². The van der Waals surface area contributed by atoms with E-state index < -0.39 is 0 Å². The Morgan fingerprint density at radius 3 is 1.09 bits per heavy atom. The third-order valence-corrected chi connectivity index (χ3v) is 23.9. The largest absolute Gasteiger partial charge is 0.456 e. The number of hydrogen-bond donors (Lipinski definition) is 0. The highest BCUT2D eigenvalue weighted by Gasteiger charge is 2.46. The summed E-state index contributed by atoms with van der Waals surface area (Å²) >= 11 is 0. The van der Waals surface area contributed by atoms with Crippen LogP contribution in [0.15, 0.2) is 336 Å². The summed E-state index contributed by atoms with van der Waals surface area (Å²) in [5.41, 5.74) is 29.9. The van der Waals surface area contributed by atoms with Crippen LogP contribution in [0.25, 0.3) is 179 Å². The second-order valence-electron chi connectivity index (χ2n) is 30.1. The quantitative estimate of drug-likeness (QED) is 0.133. The van der Waals surface area contributed by atoms with Crippen LogP contribution in [0.2, 0.25) is 0 Å². The minimum absolute atomic E-state index is 0.0990. The van der Waals surface area contributed by atoms with Crippen LogP contribution in [0.5, 0.6) is 0 Å². The van der Waals surface area contributed by atoms with E-state index in [1.165, 1.54) is 131 Å². The molecule has 4 heterocycles. The number of hydrogen-bond acceptors (Lipinski definition) is 8. The van der Waals surface area contributed by atoms with E-state index >= 15 is 0 Å². The van der Waals surface area contributed by atoms with Crippen LogP contribution in [-0.4, -0.2) is 29.9 Å². The van der Waals surface area contributed by atoms with Crippen molar-refractivity contribution in [1.82, 2.24) is 29.9 Å².